The van der Waals surface area contributed by atoms with Gasteiger partial charge in [0.2, 0.25) is 0 Å². The third-order valence-electron chi connectivity index (χ3n) is 1.70. The van der Waals surface area contributed by atoms with Crippen LogP contribution >= 0.6 is 27.5 Å². The van der Waals surface area contributed by atoms with Crippen molar-refractivity contribution in [1.29, 1.82) is 0 Å². The highest BCUT2D eigenvalue weighted by Gasteiger charge is 2.09. The summed E-state index contributed by atoms with van der Waals surface area (Å²) in [7, 11) is 0. The zero-order chi connectivity index (χ0) is 9.14. The third kappa shape index (κ3) is 1.87. The Morgan fingerprint density at radius 2 is 2.25 bits per heavy atom. The summed E-state index contributed by atoms with van der Waals surface area (Å²) < 4.78 is 0. The summed E-state index contributed by atoms with van der Waals surface area (Å²) in [6.45, 7) is 1.88. The number of carbonyl (C=O) groups is 1. The van der Waals surface area contributed by atoms with Crippen LogP contribution in [0.1, 0.15) is 21.5 Å². The maximum absolute atomic E-state index is 11.0. The van der Waals surface area contributed by atoms with Crippen LogP contribution in [0.5, 0.6) is 0 Å². The molecule has 64 valence electrons. The lowest BCUT2D eigenvalue weighted by Crippen LogP contribution is -1.98. The van der Waals surface area contributed by atoms with E-state index in [0.29, 0.717) is 10.9 Å². The smallest absolute Gasteiger partial charge is 0.252 e. The fraction of sp³-hybridized carbons (Fsp3) is 0.222. The average Bonchev–Trinajstić information content (AvgIpc) is 2.03. The van der Waals surface area contributed by atoms with E-state index in [-0.39, 0.29) is 5.24 Å². The molecule has 0 aliphatic heterocycles. The molecule has 0 spiro atoms. The van der Waals surface area contributed by atoms with E-state index in [1.54, 1.807) is 0 Å². The van der Waals surface area contributed by atoms with Crippen LogP contribution in [-0.4, -0.2) is 5.24 Å². The quantitative estimate of drug-likeness (QED) is 0.579. The summed E-state index contributed by atoms with van der Waals surface area (Å²) in [4.78, 5) is 11.0. The van der Waals surface area contributed by atoms with E-state index >= 15 is 0 Å². The van der Waals surface area contributed by atoms with Gasteiger partial charge in [-0.1, -0.05) is 34.1 Å². The molecule has 1 rings (SSSR count). The third-order valence-corrected chi connectivity index (χ3v) is 2.49. The summed E-state index contributed by atoms with van der Waals surface area (Å²) in [5.74, 6) is 0. The van der Waals surface area contributed by atoms with Gasteiger partial charge in [0.25, 0.3) is 5.24 Å². The van der Waals surface area contributed by atoms with Crippen LogP contribution in [0.2, 0.25) is 0 Å². The molecule has 0 aliphatic rings. The second-order valence-corrected chi connectivity index (χ2v) is 3.42. The predicted octanol–water partition coefficient (Wildman–Crippen LogP) is 3.27. The number of carbonyl (C=O) groups excluding carboxylic acids is 1. The number of halogens is 2. The van der Waals surface area contributed by atoms with Crippen molar-refractivity contribution in [2.45, 2.75) is 12.3 Å². The van der Waals surface area contributed by atoms with Gasteiger partial charge in [-0.25, -0.2) is 0 Å². The van der Waals surface area contributed by atoms with Gasteiger partial charge in [-0.05, 0) is 29.7 Å². The van der Waals surface area contributed by atoms with Gasteiger partial charge in [-0.2, -0.15) is 0 Å². The first-order valence-corrected chi connectivity index (χ1v) is 5.01. The largest absolute Gasteiger partial charge is 0.276 e. The topological polar surface area (TPSA) is 17.1 Å². The molecule has 1 aromatic carbocycles. The van der Waals surface area contributed by atoms with Crippen molar-refractivity contribution in [2.24, 2.45) is 0 Å². The van der Waals surface area contributed by atoms with E-state index in [4.69, 9.17) is 11.6 Å². The maximum Gasteiger partial charge on any atom is 0.252 e. The maximum atomic E-state index is 11.0. The molecule has 0 unspecified atom stereocenters. The molecular weight excluding hydrogens is 239 g/mol. The number of alkyl halides is 1. The van der Waals surface area contributed by atoms with Crippen LogP contribution in [0.15, 0.2) is 18.2 Å². The molecule has 0 radical (unpaired) electrons. The van der Waals surface area contributed by atoms with Crippen LogP contribution in [0.4, 0.5) is 0 Å². The van der Waals surface area contributed by atoms with Crippen molar-refractivity contribution in [2.75, 3.05) is 0 Å². The van der Waals surface area contributed by atoms with Gasteiger partial charge in [0.05, 0.1) is 0 Å². The molecule has 0 saturated carbocycles. The molecule has 0 atom stereocenters. The highest BCUT2D eigenvalue weighted by atomic mass is 79.9. The number of benzene rings is 1. The van der Waals surface area contributed by atoms with Gasteiger partial charge in [-0.15, -0.1) is 0 Å². The molecule has 0 saturated heterocycles. The molecule has 0 fully saturated rings. The van der Waals surface area contributed by atoms with Gasteiger partial charge in [0, 0.05) is 10.9 Å². The molecule has 3 heteroatoms. The van der Waals surface area contributed by atoms with E-state index in [9.17, 15) is 4.79 Å². The van der Waals surface area contributed by atoms with Crippen LogP contribution in [-0.2, 0) is 5.33 Å². The molecule has 0 aliphatic carbocycles. The van der Waals surface area contributed by atoms with Crippen molar-refractivity contribution in [1.82, 2.24) is 0 Å². The van der Waals surface area contributed by atoms with Gasteiger partial charge in [0.15, 0.2) is 0 Å². The molecule has 0 amide bonds. The first-order chi connectivity index (χ1) is 5.66. The summed E-state index contributed by atoms with van der Waals surface area (Å²) in [6, 6.07) is 5.67. The Bertz CT molecular complexity index is 309. The Morgan fingerprint density at radius 1 is 1.58 bits per heavy atom. The van der Waals surface area contributed by atoms with E-state index in [0.717, 1.165) is 11.1 Å². The molecule has 0 heterocycles. The second-order valence-electron chi connectivity index (χ2n) is 2.52. The summed E-state index contributed by atoms with van der Waals surface area (Å²) in [5.41, 5.74) is 2.48. The minimum absolute atomic E-state index is 0.387. The highest BCUT2D eigenvalue weighted by Crippen LogP contribution is 2.18. The molecule has 0 bridgehead atoms. The van der Waals surface area contributed by atoms with Crippen molar-refractivity contribution in [3.63, 3.8) is 0 Å². The Balaban J connectivity index is 3.29. The van der Waals surface area contributed by atoms with Crippen molar-refractivity contribution in [3.8, 4) is 0 Å². The van der Waals surface area contributed by atoms with Crippen molar-refractivity contribution < 1.29 is 4.79 Å². The highest BCUT2D eigenvalue weighted by molar-refractivity contribution is 9.08. The first kappa shape index (κ1) is 9.75. The van der Waals surface area contributed by atoms with E-state index in [1.165, 1.54) is 0 Å². The summed E-state index contributed by atoms with van der Waals surface area (Å²) in [6.07, 6.45) is 0. The minimum atomic E-state index is -0.387. The lowest BCUT2D eigenvalue weighted by molar-refractivity contribution is 0.108. The lowest BCUT2D eigenvalue weighted by atomic mass is 10.0. The van der Waals surface area contributed by atoms with Gasteiger partial charge in [-0.3, -0.25) is 4.79 Å². The SMILES string of the molecule is Cc1cccc(CBr)c1C(=O)Cl. The standard InChI is InChI=1S/C9H8BrClO/c1-6-3-2-4-7(5-10)8(6)9(11)12/h2-4H,5H2,1H3. The fourth-order valence-electron chi connectivity index (χ4n) is 1.12. The van der Waals surface area contributed by atoms with Crippen LogP contribution in [0, 0.1) is 6.92 Å². The number of hydrogen-bond donors (Lipinski definition) is 0. The number of aryl methyl sites for hydroxylation is 1. The Morgan fingerprint density at radius 3 is 2.67 bits per heavy atom. The molecule has 1 nitrogen and oxygen atoms in total. The van der Waals surface area contributed by atoms with E-state index in [2.05, 4.69) is 15.9 Å². The number of rotatable bonds is 2. The van der Waals surface area contributed by atoms with Gasteiger partial charge in [0.1, 0.15) is 0 Å². The molecule has 0 N–H and O–H groups in total. The molecule has 0 aromatic heterocycles. The summed E-state index contributed by atoms with van der Waals surface area (Å²) in [5, 5.41) is 0.269. The van der Waals surface area contributed by atoms with Crippen LogP contribution in [0.3, 0.4) is 0 Å². The lowest BCUT2D eigenvalue weighted by Gasteiger charge is -2.04. The fourth-order valence-corrected chi connectivity index (χ4v) is 1.86. The van der Waals surface area contributed by atoms with E-state index in [1.807, 2.05) is 25.1 Å². The Kier molecular flexibility index (Phi) is 3.29. The van der Waals surface area contributed by atoms with Crippen molar-refractivity contribution >= 4 is 32.8 Å². The van der Waals surface area contributed by atoms with Crippen LogP contribution in [0.25, 0.3) is 0 Å². The second kappa shape index (κ2) is 4.06. The first-order valence-electron chi connectivity index (χ1n) is 3.51. The molecule has 1 aromatic rings. The zero-order valence-electron chi connectivity index (χ0n) is 6.60. The molecular formula is C9H8BrClO. The number of hydrogen-bond acceptors (Lipinski definition) is 1. The summed E-state index contributed by atoms with van der Waals surface area (Å²) >= 11 is 8.73. The Labute approximate surface area is 84.9 Å². The zero-order valence-corrected chi connectivity index (χ0v) is 8.95. The predicted molar refractivity (Wildman–Crippen MR) is 54.0 cm³/mol. The average molecular weight is 248 g/mol. The van der Waals surface area contributed by atoms with Gasteiger partial charge >= 0.3 is 0 Å². The monoisotopic (exact) mass is 246 g/mol. The Hall–Kier alpha value is -0.340. The molecule has 12 heavy (non-hydrogen) atoms. The minimum Gasteiger partial charge on any atom is -0.276 e. The van der Waals surface area contributed by atoms with E-state index < -0.39 is 0 Å². The normalized spacial score (nSPS) is 9.92. The van der Waals surface area contributed by atoms with Gasteiger partial charge < -0.3 is 0 Å². The van der Waals surface area contributed by atoms with Crippen molar-refractivity contribution in [3.05, 3.63) is 34.9 Å². The van der Waals surface area contributed by atoms with Crippen LogP contribution < -0.4 is 0 Å².